The van der Waals surface area contributed by atoms with Crippen LogP contribution >= 0.6 is 15.9 Å². The fraction of sp³-hybridized carbons (Fsp3) is 0.0571. The van der Waals surface area contributed by atoms with Crippen molar-refractivity contribution in [1.29, 1.82) is 0 Å². The van der Waals surface area contributed by atoms with Crippen LogP contribution in [0.1, 0.15) is 11.1 Å². The summed E-state index contributed by atoms with van der Waals surface area (Å²) in [4.78, 5) is 12.6. The number of ether oxygens (including phenoxy) is 2. The molecule has 0 atom stereocenters. The van der Waals surface area contributed by atoms with E-state index >= 15 is 0 Å². The first kappa shape index (κ1) is 27.9. The van der Waals surface area contributed by atoms with E-state index in [2.05, 4.69) is 26.5 Å². The number of nitrogens with zero attached hydrogens (tertiary/aromatic N) is 3. The molecule has 6 rings (SSSR count). The van der Waals surface area contributed by atoms with Gasteiger partial charge in [-0.15, -0.1) is 0 Å². The molecule has 212 valence electrons. The maximum absolute atomic E-state index is 12.6. The molecule has 1 N–H and O–H groups in total. The van der Waals surface area contributed by atoms with E-state index < -0.39 is 0 Å². The molecule has 0 fully saturated rings. The maximum Gasteiger partial charge on any atom is 0.277 e. The van der Waals surface area contributed by atoms with Crippen molar-refractivity contribution in [2.75, 3.05) is 6.61 Å². The van der Waals surface area contributed by atoms with E-state index in [4.69, 9.17) is 14.6 Å². The van der Waals surface area contributed by atoms with E-state index in [0.29, 0.717) is 18.1 Å². The second kappa shape index (κ2) is 13.2. The molecule has 1 amide bonds. The quantitative estimate of drug-likeness (QED) is 0.125. The lowest BCUT2D eigenvalue weighted by Gasteiger charge is -2.09. The molecule has 6 aromatic rings. The summed E-state index contributed by atoms with van der Waals surface area (Å²) in [6, 6.07) is 39.4. The first-order valence-electron chi connectivity index (χ1n) is 13.7. The Balaban J connectivity index is 1.15. The number of para-hydroxylation sites is 1. The van der Waals surface area contributed by atoms with Gasteiger partial charge < -0.3 is 9.47 Å². The molecule has 0 aliphatic carbocycles. The summed E-state index contributed by atoms with van der Waals surface area (Å²) < 4.78 is 14.3. The number of fused-ring (bicyclic) bond motifs is 1. The van der Waals surface area contributed by atoms with E-state index in [1.54, 1.807) is 10.9 Å². The molecule has 0 aliphatic rings. The molecule has 0 spiro atoms. The van der Waals surface area contributed by atoms with E-state index in [1.807, 2.05) is 128 Å². The Hall–Kier alpha value is -5.21. The Morgan fingerprint density at radius 2 is 1.56 bits per heavy atom. The highest BCUT2D eigenvalue weighted by molar-refractivity contribution is 9.10. The highest BCUT2D eigenvalue weighted by Gasteiger charge is 2.13. The number of halogens is 1. The zero-order chi connectivity index (χ0) is 29.4. The van der Waals surface area contributed by atoms with Crippen LogP contribution in [0.15, 0.2) is 137 Å². The minimum atomic E-state index is -0.381. The van der Waals surface area contributed by atoms with Gasteiger partial charge in [0.1, 0.15) is 23.8 Å². The number of carbonyl (C=O) groups excluding carboxylic acids is 1. The third-order valence-corrected chi connectivity index (χ3v) is 7.54. The molecule has 1 heterocycles. The van der Waals surface area contributed by atoms with Crippen molar-refractivity contribution >= 4 is 38.8 Å². The number of nitrogens with one attached hydrogen (secondary N) is 1. The number of hydrazone groups is 1. The molecule has 8 heteroatoms. The predicted octanol–water partition coefficient (Wildman–Crippen LogP) is 7.56. The van der Waals surface area contributed by atoms with Crippen molar-refractivity contribution in [3.63, 3.8) is 0 Å². The molecular weight excluding hydrogens is 604 g/mol. The summed E-state index contributed by atoms with van der Waals surface area (Å²) in [5.74, 6) is 0.962. The number of aromatic nitrogens is 2. The Morgan fingerprint density at radius 1 is 0.837 bits per heavy atom. The number of hydrogen-bond acceptors (Lipinski definition) is 5. The SMILES string of the molecule is O=C(COc1ccc2ccccc2c1Br)NN=Cc1cn(-c2ccccc2)nc1-c1ccc(OCc2ccccc2)cc1. The fourth-order valence-electron chi connectivity index (χ4n) is 4.54. The average Bonchev–Trinajstić information content (AvgIpc) is 3.49. The molecule has 1 aromatic heterocycles. The van der Waals surface area contributed by atoms with Gasteiger partial charge in [-0.1, -0.05) is 78.9 Å². The molecule has 43 heavy (non-hydrogen) atoms. The number of carbonyl (C=O) groups is 1. The van der Waals surface area contributed by atoms with E-state index in [9.17, 15) is 4.79 Å². The molecule has 0 aliphatic heterocycles. The van der Waals surface area contributed by atoms with Gasteiger partial charge in [0.05, 0.1) is 16.4 Å². The normalized spacial score (nSPS) is 11.1. The minimum Gasteiger partial charge on any atom is -0.489 e. The first-order chi connectivity index (χ1) is 21.1. The van der Waals surface area contributed by atoms with E-state index in [1.165, 1.54) is 0 Å². The summed E-state index contributed by atoms with van der Waals surface area (Å²) in [6.45, 7) is 0.302. The minimum absolute atomic E-state index is 0.186. The molecular formula is C35H27BrN4O3. The first-order valence-corrected chi connectivity index (χ1v) is 14.5. The zero-order valence-electron chi connectivity index (χ0n) is 23.1. The van der Waals surface area contributed by atoms with Crippen molar-refractivity contribution in [2.45, 2.75) is 6.61 Å². The Labute approximate surface area is 257 Å². The van der Waals surface area contributed by atoms with Crippen molar-refractivity contribution in [1.82, 2.24) is 15.2 Å². The molecule has 0 saturated heterocycles. The number of benzene rings is 5. The Morgan fingerprint density at radius 3 is 2.35 bits per heavy atom. The maximum atomic E-state index is 12.6. The predicted molar refractivity (Wildman–Crippen MR) is 173 cm³/mol. The summed E-state index contributed by atoms with van der Waals surface area (Å²) >= 11 is 3.59. The molecule has 0 radical (unpaired) electrons. The summed E-state index contributed by atoms with van der Waals surface area (Å²) in [5, 5.41) is 11.1. The lowest BCUT2D eigenvalue weighted by Crippen LogP contribution is -2.24. The van der Waals surface area contributed by atoms with Gasteiger partial charge in [0.15, 0.2) is 6.61 Å². The van der Waals surface area contributed by atoms with Gasteiger partial charge in [-0.2, -0.15) is 10.2 Å². The lowest BCUT2D eigenvalue weighted by atomic mass is 10.1. The molecule has 0 bridgehead atoms. The monoisotopic (exact) mass is 630 g/mol. The fourth-order valence-corrected chi connectivity index (χ4v) is 5.15. The van der Waals surface area contributed by atoms with Crippen molar-refractivity contribution < 1.29 is 14.3 Å². The van der Waals surface area contributed by atoms with Gasteiger partial charge in [0, 0.05) is 17.3 Å². The van der Waals surface area contributed by atoms with Crippen LogP contribution in [0.3, 0.4) is 0 Å². The summed E-state index contributed by atoms with van der Waals surface area (Å²) in [6.07, 6.45) is 3.47. The van der Waals surface area contributed by atoms with Crippen molar-refractivity contribution in [2.24, 2.45) is 5.10 Å². The second-order valence-corrected chi connectivity index (χ2v) is 10.5. The summed E-state index contributed by atoms with van der Waals surface area (Å²) in [5.41, 5.74) is 6.91. The topological polar surface area (TPSA) is 77.7 Å². The molecule has 5 aromatic carbocycles. The van der Waals surface area contributed by atoms with E-state index in [-0.39, 0.29) is 12.5 Å². The van der Waals surface area contributed by atoms with Crippen LogP contribution in [0.4, 0.5) is 0 Å². The number of hydrogen-bond donors (Lipinski definition) is 1. The van der Waals surface area contributed by atoms with Crippen LogP contribution in [0.5, 0.6) is 11.5 Å². The standard InChI is InChI=1S/C35H27BrN4O3/c36-34-31-14-8-7-11-26(31)17-20-32(34)43-24-33(41)38-37-21-28-22-40(29-12-5-2-6-13-29)39-35(28)27-15-18-30(19-16-27)42-23-25-9-3-1-4-10-25/h1-22H,23-24H2,(H,38,41). The molecule has 0 saturated carbocycles. The molecule has 0 unspecified atom stereocenters. The van der Waals surface area contributed by atoms with Crippen LogP contribution in [-0.2, 0) is 11.4 Å². The van der Waals surface area contributed by atoms with Crippen molar-refractivity contribution in [3.05, 3.63) is 143 Å². The van der Waals surface area contributed by atoms with Crippen LogP contribution in [0.25, 0.3) is 27.7 Å². The van der Waals surface area contributed by atoms with Crippen molar-refractivity contribution in [3.8, 4) is 28.4 Å². The largest absolute Gasteiger partial charge is 0.489 e. The third-order valence-electron chi connectivity index (χ3n) is 6.72. The van der Waals surface area contributed by atoms with Gasteiger partial charge in [-0.3, -0.25) is 4.79 Å². The average molecular weight is 632 g/mol. The van der Waals surface area contributed by atoms with Gasteiger partial charge >= 0.3 is 0 Å². The molecule has 7 nitrogen and oxygen atoms in total. The van der Waals surface area contributed by atoms with Crippen LogP contribution in [0, 0.1) is 0 Å². The zero-order valence-corrected chi connectivity index (χ0v) is 24.6. The van der Waals surface area contributed by atoms with Gasteiger partial charge in [0.2, 0.25) is 0 Å². The second-order valence-electron chi connectivity index (χ2n) is 9.69. The number of amides is 1. The summed E-state index contributed by atoms with van der Waals surface area (Å²) in [7, 11) is 0. The van der Waals surface area contributed by atoms with Gasteiger partial charge in [-0.05, 0) is 74.7 Å². The lowest BCUT2D eigenvalue weighted by molar-refractivity contribution is -0.123. The highest BCUT2D eigenvalue weighted by atomic mass is 79.9. The van der Waals surface area contributed by atoms with E-state index in [0.717, 1.165) is 43.4 Å². The highest BCUT2D eigenvalue weighted by Crippen LogP contribution is 2.33. The van der Waals surface area contributed by atoms with Crippen LogP contribution in [0.2, 0.25) is 0 Å². The van der Waals surface area contributed by atoms with Gasteiger partial charge in [0.25, 0.3) is 5.91 Å². The Kier molecular flexibility index (Phi) is 8.56. The van der Waals surface area contributed by atoms with Crippen LogP contribution < -0.4 is 14.9 Å². The van der Waals surface area contributed by atoms with Gasteiger partial charge in [-0.25, -0.2) is 10.1 Å². The van der Waals surface area contributed by atoms with Crippen LogP contribution in [-0.4, -0.2) is 28.5 Å². The Bertz CT molecular complexity index is 1870. The third kappa shape index (κ3) is 6.82. The number of rotatable bonds is 10. The smallest absolute Gasteiger partial charge is 0.277 e.